The van der Waals surface area contributed by atoms with E-state index in [2.05, 4.69) is 9.99 Å². The molecule has 1 N–H and O–H groups in total. The van der Waals surface area contributed by atoms with Gasteiger partial charge in [0.15, 0.2) is 0 Å². The Kier molecular flexibility index (Phi) is 5.49. The van der Waals surface area contributed by atoms with Crippen molar-refractivity contribution < 1.29 is 13.8 Å². The second-order valence-corrected chi connectivity index (χ2v) is 10.5. The SMILES string of the molecule is CC1OP(=O)(C(C)(C)C)NCCN(C)C1OC(C)(C)C. The number of hydrogen-bond acceptors (Lipinski definition) is 4. The van der Waals surface area contributed by atoms with E-state index in [-0.39, 0.29) is 17.9 Å². The first-order valence-corrected chi connectivity index (χ1v) is 8.90. The van der Waals surface area contributed by atoms with Crippen molar-refractivity contribution >= 4 is 7.52 Å². The lowest BCUT2D eigenvalue weighted by molar-refractivity contribution is -0.164. The molecule has 1 aliphatic heterocycles. The molecule has 0 aliphatic carbocycles. The van der Waals surface area contributed by atoms with Crippen molar-refractivity contribution in [2.45, 2.75) is 71.6 Å². The van der Waals surface area contributed by atoms with Gasteiger partial charge in [0.05, 0.1) is 10.8 Å². The topological polar surface area (TPSA) is 50.8 Å². The Hall–Kier alpha value is 0.0700. The molecule has 0 spiro atoms. The zero-order chi connectivity index (χ0) is 15.8. The van der Waals surface area contributed by atoms with Crippen LogP contribution in [-0.2, 0) is 13.8 Å². The summed E-state index contributed by atoms with van der Waals surface area (Å²) in [7, 11) is -0.905. The summed E-state index contributed by atoms with van der Waals surface area (Å²) >= 11 is 0. The Morgan fingerprint density at radius 1 is 1.25 bits per heavy atom. The van der Waals surface area contributed by atoms with Crippen molar-refractivity contribution in [3.63, 3.8) is 0 Å². The molecule has 1 heterocycles. The van der Waals surface area contributed by atoms with Crippen LogP contribution in [0.2, 0.25) is 0 Å². The number of nitrogens with zero attached hydrogens (tertiary/aromatic N) is 1. The summed E-state index contributed by atoms with van der Waals surface area (Å²) in [4.78, 5) is 2.11. The molecule has 3 unspecified atom stereocenters. The molecular formula is C14H31N2O3P. The second-order valence-electron chi connectivity index (χ2n) is 7.54. The van der Waals surface area contributed by atoms with E-state index < -0.39 is 12.7 Å². The molecule has 0 aromatic heterocycles. The van der Waals surface area contributed by atoms with E-state index in [9.17, 15) is 4.57 Å². The van der Waals surface area contributed by atoms with Crippen LogP contribution in [0, 0.1) is 0 Å². The fraction of sp³-hybridized carbons (Fsp3) is 1.00. The van der Waals surface area contributed by atoms with Gasteiger partial charge in [-0.1, -0.05) is 0 Å². The third-order valence-corrected chi connectivity index (χ3v) is 6.33. The van der Waals surface area contributed by atoms with Crippen LogP contribution in [0.25, 0.3) is 0 Å². The fourth-order valence-electron chi connectivity index (χ4n) is 2.13. The quantitative estimate of drug-likeness (QED) is 0.755. The Labute approximate surface area is 123 Å². The molecule has 5 nitrogen and oxygen atoms in total. The van der Waals surface area contributed by atoms with Gasteiger partial charge in [0.25, 0.3) is 7.52 Å². The molecular weight excluding hydrogens is 275 g/mol. The van der Waals surface area contributed by atoms with Crippen molar-refractivity contribution in [2.75, 3.05) is 20.1 Å². The van der Waals surface area contributed by atoms with E-state index in [0.29, 0.717) is 6.54 Å². The number of nitrogens with one attached hydrogen (secondary N) is 1. The highest BCUT2D eigenvalue weighted by atomic mass is 31.2. The maximum atomic E-state index is 13.0. The summed E-state index contributed by atoms with van der Waals surface area (Å²) in [6, 6.07) is 0. The lowest BCUT2D eigenvalue weighted by Crippen LogP contribution is -2.51. The fourth-order valence-corrected chi connectivity index (χ4v) is 3.96. The van der Waals surface area contributed by atoms with E-state index in [1.54, 1.807) is 0 Å². The predicted octanol–water partition coefficient (Wildman–Crippen LogP) is 3.06. The molecule has 1 aliphatic rings. The van der Waals surface area contributed by atoms with Crippen molar-refractivity contribution in [1.82, 2.24) is 9.99 Å². The third-order valence-electron chi connectivity index (χ3n) is 3.29. The van der Waals surface area contributed by atoms with Gasteiger partial charge in [-0.25, -0.2) is 5.09 Å². The minimum Gasteiger partial charge on any atom is -0.355 e. The second kappa shape index (κ2) is 6.05. The van der Waals surface area contributed by atoms with E-state index in [1.807, 2.05) is 55.5 Å². The largest absolute Gasteiger partial charge is 0.355 e. The van der Waals surface area contributed by atoms with Gasteiger partial charge in [-0.3, -0.25) is 9.46 Å². The molecule has 0 aromatic rings. The molecule has 0 saturated carbocycles. The van der Waals surface area contributed by atoms with Gasteiger partial charge in [-0.15, -0.1) is 0 Å². The predicted molar refractivity (Wildman–Crippen MR) is 83.2 cm³/mol. The van der Waals surface area contributed by atoms with Crippen LogP contribution in [0.1, 0.15) is 48.5 Å². The van der Waals surface area contributed by atoms with Crippen LogP contribution in [0.5, 0.6) is 0 Å². The smallest absolute Gasteiger partial charge is 0.275 e. The molecule has 20 heavy (non-hydrogen) atoms. The number of hydrogen-bond donors (Lipinski definition) is 1. The monoisotopic (exact) mass is 306 g/mol. The molecule has 0 amide bonds. The van der Waals surface area contributed by atoms with Crippen LogP contribution < -0.4 is 5.09 Å². The maximum absolute atomic E-state index is 13.0. The number of rotatable bonds is 1. The highest BCUT2D eigenvalue weighted by molar-refractivity contribution is 7.58. The van der Waals surface area contributed by atoms with Gasteiger partial charge >= 0.3 is 0 Å². The summed E-state index contributed by atoms with van der Waals surface area (Å²) in [5, 5.41) is 2.69. The normalized spacial score (nSPS) is 34.6. The minimum absolute atomic E-state index is 0.201. The molecule has 120 valence electrons. The standard InChI is InChI=1S/C14H31N2O3P/c1-11-12(18-13(2,3)4)16(8)10-9-15-20(17,19-11)14(5,6)7/h11-12H,9-10H2,1-8H3,(H,15,17). The zero-order valence-electron chi connectivity index (χ0n) is 14.2. The van der Waals surface area contributed by atoms with Gasteiger partial charge in [-0.05, 0) is 55.5 Å². The minimum atomic E-state index is -2.91. The van der Waals surface area contributed by atoms with Crippen LogP contribution in [0.3, 0.4) is 0 Å². The maximum Gasteiger partial charge on any atom is 0.275 e. The highest BCUT2D eigenvalue weighted by Gasteiger charge is 2.43. The first-order chi connectivity index (χ1) is 8.86. The van der Waals surface area contributed by atoms with Crippen molar-refractivity contribution in [3.05, 3.63) is 0 Å². The van der Waals surface area contributed by atoms with E-state index in [1.165, 1.54) is 0 Å². The van der Waals surface area contributed by atoms with Crippen molar-refractivity contribution in [3.8, 4) is 0 Å². The van der Waals surface area contributed by atoms with E-state index in [0.717, 1.165) is 6.54 Å². The Morgan fingerprint density at radius 2 is 1.80 bits per heavy atom. The molecule has 0 radical (unpaired) electrons. The average Bonchev–Trinajstić information content (AvgIpc) is 2.21. The summed E-state index contributed by atoms with van der Waals surface area (Å²) in [6.07, 6.45) is -0.468. The first-order valence-electron chi connectivity index (χ1n) is 7.27. The van der Waals surface area contributed by atoms with Crippen molar-refractivity contribution in [1.29, 1.82) is 0 Å². The van der Waals surface area contributed by atoms with Gasteiger partial charge in [-0.2, -0.15) is 0 Å². The van der Waals surface area contributed by atoms with Crippen LogP contribution in [0.4, 0.5) is 0 Å². The Morgan fingerprint density at radius 3 is 2.25 bits per heavy atom. The zero-order valence-corrected chi connectivity index (χ0v) is 15.1. The van der Waals surface area contributed by atoms with Gasteiger partial charge in [0.2, 0.25) is 0 Å². The summed E-state index contributed by atoms with van der Waals surface area (Å²) in [6.45, 7) is 15.2. The molecule has 0 bridgehead atoms. The van der Waals surface area contributed by atoms with Gasteiger partial charge in [0.1, 0.15) is 12.3 Å². The average molecular weight is 306 g/mol. The lowest BCUT2D eigenvalue weighted by Gasteiger charge is -2.43. The van der Waals surface area contributed by atoms with Crippen LogP contribution in [-0.4, -0.2) is 48.1 Å². The van der Waals surface area contributed by atoms with E-state index >= 15 is 0 Å². The van der Waals surface area contributed by atoms with Gasteiger partial charge < -0.3 is 9.26 Å². The molecule has 6 heteroatoms. The number of likely N-dealkylation sites (N-methyl/N-ethyl adjacent to an activating group) is 1. The molecule has 0 aromatic carbocycles. The highest BCUT2D eigenvalue weighted by Crippen LogP contribution is 2.56. The number of ether oxygens (including phenoxy) is 1. The molecule has 1 fully saturated rings. The molecule has 1 rings (SSSR count). The third kappa shape index (κ3) is 4.54. The Bertz CT molecular complexity index is 374. The summed E-state index contributed by atoms with van der Waals surface area (Å²) < 4.78 is 25.1. The molecule has 1 saturated heterocycles. The molecule has 3 atom stereocenters. The van der Waals surface area contributed by atoms with Crippen LogP contribution in [0.15, 0.2) is 0 Å². The summed E-state index contributed by atoms with van der Waals surface area (Å²) in [5.74, 6) is 0. The van der Waals surface area contributed by atoms with Crippen LogP contribution >= 0.6 is 7.52 Å². The Balaban J connectivity index is 2.97. The van der Waals surface area contributed by atoms with E-state index in [4.69, 9.17) is 9.26 Å². The van der Waals surface area contributed by atoms with Crippen molar-refractivity contribution in [2.24, 2.45) is 0 Å². The lowest BCUT2D eigenvalue weighted by atomic mass is 10.2. The first kappa shape index (κ1) is 18.1. The van der Waals surface area contributed by atoms with Gasteiger partial charge in [0, 0.05) is 13.1 Å². The summed E-state index contributed by atoms with van der Waals surface area (Å²) in [5.41, 5.74) is -0.269.